The Labute approximate surface area is 123 Å². The van der Waals surface area contributed by atoms with E-state index in [2.05, 4.69) is 0 Å². The summed E-state index contributed by atoms with van der Waals surface area (Å²) in [5.74, 6) is -2.07. The number of nitrogens with zero attached hydrogens (tertiary/aromatic N) is 1. The number of ketones is 1. The summed E-state index contributed by atoms with van der Waals surface area (Å²) in [6, 6.07) is 11.8. The predicted molar refractivity (Wildman–Crippen MR) is 79.7 cm³/mol. The number of aryl methyl sites for hydroxylation is 3. The molecule has 1 unspecified atom stereocenters. The summed E-state index contributed by atoms with van der Waals surface area (Å²) in [5, 5.41) is 9.34. The second kappa shape index (κ2) is 5.88. The smallest absolute Gasteiger partial charge is 0.187 e. The summed E-state index contributed by atoms with van der Waals surface area (Å²) in [7, 11) is 0. The van der Waals surface area contributed by atoms with Crippen LogP contribution in [0.2, 0.25) is 0 Å². The fourth-order valence-corrected chi connectivity index (χ4v) is 2.21. The highest BCUT2D eigenvalue weighted by atomic mass is 19.1. The number of Topliss-reactive ketones (excluding diaryl/α,β-unsaturated/α-hetero) is 1. The molecule has 0 bridgehead atoms. The monoisotopic (exact) mass is 281 g/mol. The molecule has 106 valence electrons. The van der Waals surface area contributed by atoms with E-state index in [9.17, 15) is 14.4 Å². The molecule has 1 atom stereocenters. The van der Waals surface area contributed by atoms with Gasteiger partial charge in [-0.05, 0) is 49.6 Å². The fraction of sp³-hybridized carbons (Fsp3) is 0.222. The van der Waals surface area contributed by atoms with Crippen molar-refractivity contribution < 1.29 is 9.18 Å². The molecule has 2 aromatic rings. The van der Waals surface area contributed by atoms with Crippen LogP contribution >= 0.6 is 0 Å². The largest absolute Gasteiger partial charge is 0.292 e. The number of rotatable bonds is 3. The van der Waals surface area contributed by atoms with E-state index in [4.69, 9.17) is 0 Å². The molecule has 0 aliphatic heterocycles. The van der Waals surface area contributed by atoms with Crippen LogP contribution in [0.5, 0.6) is 0 Å². The van der Waals surface area contributed by atoms with E-state index in [-0.39, 0.29) is 5.56 Å². The van der Waals surface area contributed by atoms with E-state index in [1.807, 2.05) is 32.0 Å². The van der Waals surface area contributed by atoms with Crippen LogP contribution < -0.4 is 0 Å². The molecule has 2 aromatic carbocycles. The van der Waals surface area contributed by atoms with Gasteiger partial charge in [0.2, 0.25) is 0 Å². The summed E-state index contributed by atoms with van der Waals surface area (Å²) in [5.41, 5.74) is 3.46. The van der Waals surface area contributed by atoms with Gasteiger partial charge in [0.15, 0.2) is 5.78 Å². The third kappa shape index (κ3) is 3.00. The first kappa shape index (κ1) is 14.9. The maximum absolute atomic E-state index is 13.8. The molecule has 2 nitrogen and oxygen atoms in total. The molecule has 21 heavy (non-hydrogen) atoms. The lowest BCUT2D eigenvalue weighted by molar-refractivity contribution is 0.0975. The lowest BCUT2D eigenvalue weighted by Crippen LogP contribution is -2.13. The number of halogens is 1. The van der Waals surface area contributed by atoms with E-state index in [0.717, 1.165) is 16.7 Å². The van der Waals surface area contributed by atoms with E-state index in [1.54, 1.807) is 19.1 Å². The summed E-state index contributed by atoms with van der Waals surface area (Å²) in [6.45, 7) is 5.67. The first-order valence-corrected chi connectivity index (χ1v) is 6.71. The molecule has 0 spiro atoms. The highest BCUT2D eigenvalue weighted by Gasteiger charge is 2.24. The summed E-state index contributed by atoms with van der Waals surface area (Å²) in [6.07, 6.45) is 0. The third-order valence-electron chi connectivity index (χ3n) is 3.64. The average Bonchev–Trinajstić information content (AvgIpc) is 2.46. The van der Waals surface area contributed by atoms with Crippen molar-refractivity contribution in [2.75, 3.05) is 0 Å². The minimum absolute atomic E-state index is 0.0280. The second-order valence-electron chi connectivity index (χ2n) is 5.25. The first-order chi connectivity index (χ1) is 9.93. The van der Waals surface area contributed by atoms with Crippen LogP contribution in [0, 0.1) is 37.9 Å². The van der Waals surface area contributed by atoms with E-state index in [0.29, 0.717) is 5.56 Å². The highest BCUT2D eigenvalue weighted by molar-refractivity contribution is 6.03. The summed E-state index contributed by atoms with van der Waals surface area (Å²) >= 11 is 0. The van der Waals surface area contributed by atoms with Crippen molar-refractivity contribution in [3.8, 4) is 6.07 Å². The van der Waals surface area contributed by atoms with E-state index in [1.165, 1.54) is 12.1 Å². The van der Waals surface area contributed by atoms with Crippen molar-refractivity contribution in [2.45, 2.75) is 26.7 Å². The van der Waals surface area contributed by atoms with Crippen molar-refractivity contribution in [1.82, 2.24) is 0 Å². The molecule has 3 heteroatoms. The van der Waals surface area contributed by atoms with Crippen LogP contribution in [-0.4, -0.2) is 5.78 Å². The first-order valence-electron chi connectivity index (χ1n) is 6.71. The molecule has 0 radical (unpaired) electrons. The zero-order chi connectivity index (χ0) is 15.6. The minimum Gasteiger partial charge on any atom is -0.292 e. The summed E-state index contributed by atoms with van der Waals surface area (Å²) < 4.78 is 13.8. The molecular formula is C18H16FNO. The van der Waals surface area contributed by atoms with Gasteiger partial charge in [0, 0.05) is 0 Å². The van der Waals surface area contributed by atoms with Crippen LogP contribution in [0.3, 0.4) is 0 Å². The van der Waals surface area contributed by atoms with Gasteiger partial charge in [-0.1, -0.05) is 29.8 Å². The average molecular weight is 281 g/mol. The van der Waals surface area contributed by atoms with Crippen molar-refractivity contribution in [1.29, 1.82) is 5.26 Å². The predicted octanol–water partition coefficient (Wildman–Crippen LogP) is 4.24. The molecule has 0 aliphatic carbocycles. The fourth-order valence-electron chi connectivity index (χ4n) is 2.21. The number of nitriles is 1. The zero-order valence-corrected chi connectivity index (χ0v) is 12.3. The van der Waals surface area contributed by atoms with E-state index < -0.39 is 17.5 Å². The molecule has 0 aromatic heterocycles. The van der Waals surface area contributed by atoms with Gasteiger partial charge in [-0.25, -0.2) is 4.39 Å². The Kier molecular flexibility index (Phi) is 4.18. The van der Waals surface area contributed by atoms with Crippen molar-refractivity contribution in [2.24, 2.45) is 0 Å². The molecule has 2 rings (SSSR count). The van der Waals surface area contributed by atoms with Crippen molar-refractivity contribution in [3.05, 3.63) is 70.0 Å². The number of hydrogen-bond acceptors (Lipinski definition) is 2. The van der Waals surface area contributed by atoms with Crippen molar-refractivity contribution in [3.63, 3.8) is 0 Å². The number of hydrogen-bond donors (Lipinski definition) is 0. The Balaban J connectivity index is 2.46. The molecule has 0 heterocycles. The Morgan fingerprint density at radius 2 is 1.81 bits per heavy atom. The maximum atomic E-state index is 13.8. The lowest BCUT2D eigenvalue weighted by Gasteiger charge is -2.12. The Morgan fingerprint density at radius 1 is 1.10 bits per heavy atom. The van der Waals surface area contributed by atoms with Gasteiger partial charge in [0.25, 0.3) is 0 Å². The van der Waals surface area contributed by atoms with Gasteiger partial charge >= 0.3 is 0 Å². The van der Waals surface area contributed by atoms with Gasteiger partial charge in [-0.2, -0.15) is 5.26 Å². The van der Waals surface area contributed by atoms with E-state index >= 15 is 0 Å². The summed E-state index contributed by atoms with van der Waals surface area (Å²) in [4.78, 5) is 12.5. The van der Waals surface area contributed by atoms with Gasteiger partial charge < -0.3 is 0 Å². The lowest BCUT2D eigenvalue weighted by atomic mass is 9.89. The molecule has 0 N–H and O–H groups in total. The van der Waals surface area contributed by atoms with Gasteiger partial charge in [-0.3, -0.25) is 4.79 Å². The van der Waals surface area contributed by atoms with Crippen LogP contribution in [-0.2, 0) is 0 Å². The van der Waals surface area contributed by atoms with Crippen LogP contribution in [0.4, 0.5) is 4.39 Å². The van der Waals surface area contributed by atoms with Gasteiger partial charge in [0.1, 0.15) is 11.7 Å². The van der Waals surface area contributed by atoms with Crippen LogP contribution in [0.15, 0.2) is 36.4 Å². The molecule has 0 amide bonds. The zero-order valence-electron chi connectivity index (χ0n) is 12.3. The Morgan fingerprint density at radius 3 is 2.43 bits per heavy atom. The molecule has 0 saturated carbocycles. The molecule has 0 aliphatic rings. The normalized spacial score (nSPS) is 11.8. The SMILES string of the molecule is Cc1ccc(F)c(C(=O)C(C#N)c2ccc(C)c(C)c2)c1. The number of carbonyl (C=O) groups excluding carboxylic acids is 1. The van der Waals surface area contributed by atoms with Gasteiger partial charge in [-0.15, -0.1) is 0 Å². The quantitative estimate of drug-likeness (QED) is 0.789. The standard InChI is InChI=1S/C18H16FNO/c1-11-4-7-17(19)15(8-11)18(21)16(10-20)14-6-5-12(2)13(3)9-14/h4-9,16H,1-3H3. The Bertz CT molecular complexity index is 743. The molecule has 0 fully saturated rings. The van der Waals surface area contributed by atoms with Crippen molar-refractivity contribution >= 4 is 5.78 Å². The van der Waals surface area contributed by atoms with Gasteiger partial charge in [0.05, 0.1) is 11.6 Å². The minimum atomic E-state index is -0.986. The molecule has 0 saturated heterocycles. The maximum Gasteiger partial charge on any atom is 0.187 e. The second-order valence-corrected chi connectivity index (χ2v) is 5.25. The molecular weight excluding hydrogens is 265 g/mol. The highest BCUT2D eigenvalue weighted by Crippen LogP contribution is 2.24. The van der Waals surface area contributed by atoms with Crippen LogP contribution in [0.25, 0.3) is 0 Å². The van der Waals surface area contributed by atoms with Crippen LogP contribution in [0.1, 0.15) is 38.5 Å². The number of benzene rings is 2. The Hall–Kier alpha value is -2.47. The number of carbonyl (C=O) groups is 1. The topological polar surface area (TPSA) is 40.9 Å². The third-order valence-corrected chi connectivity index (χ3v) is 3.64.